The molecule has 2 N–H and O–H groups in total. The zero-order valence-corrected chi connectivity index (χ0v) is 5.65. The lowest BCUT2D eigenvalue weighted by Crippen LogP contribution is -1.92. The molecule has 0 fully saturated rings. The van der Waals surface area contributed by atoms with E-state index in [0.29, 0.717) is 11.6 Å². The SMILES string of the molecule is C/C=C\C(Cl)=C/CN. The first kappa shape index (κ1) is 7.73. The second-order valence-corrected chi connectivity index (χ2v) is 1.76. The van der Waals surface area contributed by atoms with E-state index in [4.69, 9.17) is 17.3 Å². The van der Waals surface area contributed by atoms with E-state index in [1.54, 1.807) is 12.2 Å². The van der Waals surface area contributed by atoms with Crippen LogP contribution in [0.2, 0.25) is 0 Å². The molecule has 0 aliphatic heterocycles. The minimum Gasteiger partial charge on any atom is -0.327 e. The Balaban J connectivity index is 3.61. The second kappa shape index (κ2) is 4.88. The van der Waals surface area contributed by atoms with Gasteiger partial charge in [-0.3, -0.25) is 0 Å². The van der Waals surface area contributed by atoms with Gasteiger partial charge in [0, 0.05) is 11.6 Å². The summed E-state index contributed by atoms with van der Waals surface area (Å²) in [6, 6.07) is 0. The summed E-state index contributed by atoms with van der Waals surface area (Å²) in [6.07, 6.45) is 5.42. The molecule has 0 aliphatic rings. The maximum Gasteiger partial charge on any atom is 0.0375 e. The van der Waals surface area contributed by atoms with Crippen molar-refractivity contribution in [3.63, 3.8) is 0 Å². The molecule has 0 aromatic carbocycles. The molecule has 2 heteroatoms. The molecule has 8 heavy (non-hydrogen) atoms. The van der Waals surface area contributed by atoms with Crippen molar-refractivity contribution in [2.24, 2.45) is 5.73 Å². The highest BCUT2D eigenvalue weighted by Crippen LogP contribution is 2.00. The Morgan fingerprint density at radius 2 is 2.38 bits per heavy atom. The molecule has 0 saturated heterocycles. The summed E-state index contributed by atoms with van der Waals surface area (Å²) in [4.78, 5) is 0. The van der Waals surface area contributed by atoms with Crippen molar-refractivity contribution >= 4 is 11.6 Å². The smallest absolute Gasteiger partial charge is 0.0375 e. The molecule has 0 aromatic rings. The fraction of sp³-hybridized carbons (Fsp3) is 0.333. The van der Waals surface area contributed by atoms with Gasteiger partial charge in [-0.1, -0.05) is 23.8 Å². The molecule has 1 nitrogen and oxygen atoms in total. The van der Waals surface area contributed by atoms with Gasteiger partial charge in [-0.05, 0) is 13.0 Å². The van der Waals surface area contributed by atoms with E-state index < -0.39 is 0 Å². The van der Waals surface area contributed by atoms with Gasteiger partial charge in [0.15, 0.2) is 0 Å². The van der Waals surface area contributed by atoms with Crippen LogP contribution in [0.3, 0.4) is 0 Å². The van der Waals surface area contributed by atoms with Crippen LogP contribution < -0.4 is 5.73 Å². The fourth-order valence-electron chi connectivity index (χ4n) is 0.340. The van der Waals surface area contributed by atoms with Crippen LogP contribution in [0.25, 0.3) is 0 Å². The van der Waals surface area contributed by atoms with E-state index in [2.05, 4.69) is 0 Å². The van der Waals surface area contributed by atoms with Crippen LogP contribution in [0.4, 0.5) is 0 Å². The first-order valence-corrected chi connectivity index (χ1v) is 2.87. The highest BCUT2D eigenvalue weighted by atomic mass is 35.5. The highest BCUT2D eigenvalue weighted by Gasteiger charge is 1.77. The second-order valence-electron chi connectivity index (χ2n) is 1.32. The van der Waals surface area contributed by atoms with Crippen LogP contribution in [-0.2, 0) is 0 Å². The van der Waals surface area contributed by atoms with E-state index in [-0.39, 0.29) is 0 Å². The van der Waals surface area contributed by atoms with Crippen molar-refractivity contribution in [2.75, 3.05) is 6.54 Å². The van der Waals surface area contributed by atoms with Gasteiger partial charge < -0.3 is 5.73 Å². The summed E-state index contributed by atoms with van der Waals surface area (Å²) in [7, 11) is 0. The molecule has 0 rings (SSSR count). The van der Waals surface area contributed by atoms with Crippen LogP contribution in [0.5, 0.6) is 0 Å². The van der Waals surface area contributed by atoms with Gasteiger partial charge in [0.1, 0.15) is 0 Å². The van der Waals surface area contributed by atoms with E-state index in [1.807, 2.05) is 13.0 Å². The Hall–Kier alpha value is -0.270. The number of nitrogens with two attached hydrogens (primary N) is 1. The van der Waals surface area contributed by atoms with Crippen LogP contribution in [0.1, 0.15) is 6.92 Å². The van der Waals surface area contributed by atoms with Crippen molar-refractivity contribution in [3.05, 3.63) is 23.3 Å². The predicted molar refractivity (Wildman–Crippen MR) is 37.8 cm³/mol. The van der Waals surface area contributed by atoms with Crippen LogP contribution in [0, 0.1) is 0 Å². The first-order chi connectivity index (χ1) is 3.81. The summed E-state index contributed by atoms with van der Waals surface area (Å²) in [6.45, 7) is 2.41. The lowest BCUT2D eigenvalue weighted by molar-refractivity contribution is 1.25. The number of rotatable bonds is 2. The average Bonchev–Trinajstić information content (AvgIpc) is 1.68. The maximum absolute atomic E-state index is 5.58. The molecule has 0 radical (unpaired) electrons. The Bertz CT molecular complexity index is 105. The van der Waals surface area contributed by atoms with Crippen molar-refractivity contribution in [1.82, 2.24) is 0 Å². The lowest BCUT2D eigenvalue weighted by Gasteiger charge is -1.82. The van der Waals surface area contributed by atoms with Crippen LogP contribution >= 0.6 is 11.6 Å². The summed E-state index contributed by atoms with van der Waals surface area (Å²) in [5.41, 5.74) is 5.16. The topological polar surface area (TPSA) is 26.0 Å². The molecule has 0 aromatic heterocycles. The highest BCUT2D eigenvalue weighted by molar-refractivity contribution is 6.31. The summed E-state index contributed by atoms with van der Waals surface area (Å²) >= 11 is 5.58. The first-order valence-electron chi connectivity index (χ1n) is 2.49. The minimum atomic E-state index is 0.503. The standard InChI is InChI=1S/C6H10ClN/c1-2-3-6(7)4-5-8/h2-4H,5,8H2,1H3/b3-2-,6-4+. The molecule has 0 spiro atoms. The molecule has 0 atom stereocenters. The third-order valence-corrected chi connectivity index (χ3v) is 0.919. The van der Waals surface area contributed by atoms with Gasteiger partial charge in [-0.2, -0.15) is 0 Å². The van der Waals surface area contributed by atoms with E-state index in [1.165, 1.54) is 0 Å². The molecular formula is C6H10ClN. The monoisotopic (exact) mass is 131 g/mol. The number of hydrogen-bond donors (Lipinski definition) is 1. The summed E-state index contributed by atoms with van der Waals surface area (Å²) in [5.74, 6) is 0. The van der Waals surface area contributed by atoms with Crippen LogP contribution in [-0.4, -0.2) is 6.54 Å². The van der Waals surface area contributed by atoms with Crippen molar-refractivity contribution in [3.8, 4) is 0 Å². The molecule has 0 aliphatic carbocycles. The van der Waals surface area contributed by atoms with Gasteiger partial charge in [0.05, 0.1) is 0 Å². The van der Waals surface area contributed by atoms with Gasteiger partial charge in [0.2, 0.25) is 0 Å². The number of allylic oxidation sites excluding steroid dienone is 3. The zero-order valence-electron chi connectivity index (χ0n) is 4.89. The van der Waals surface area contributed by atoms with Gasteiger partial charge in [-0.15, -0.1) is 0 Å². The molecule has 0 unspecified atom stereocenters. The molecular weight excluding hydrogens is 122 g/mol. The summed E-state index contributed by atoms with van der Waals surface area (Å²) < 4.78 is 0. The quantitative estimate of drug-likeness (QED) is 0.567. The molecule has 0 saturated carbocycles. The fourth-order valence-corrected chi connectivity index (χ4v) is 0.555. The zero-order chi connectivity index (χ0) is 6.41. The van der Waals surface area contributed by atoms with E-state index >= 15 is 0 Å². The summed E-state index contributed by atoms with van der Waals surface area (Å²) in [5, 5.41) is 0.704. The lowest BCUT2D eigenvalue weighted by atomic mass is 10.4. The largest absolute Gasteiger partial charge is 0.327 e. The molecule has 46 valence electrons. The maximum atomic E-state index is 5.58. The Morgan fingerprint density at radius 1 is 1.75 bits per heavy atom. The van der Waals surface area contributed by atoms with Gasteiger partial charge in [0.25, 0.3) is 0 Å². The normalized spacial score (nSPS) is 13.1. The number of hydrogen-bond acceptors (Lipinski definition) is 1. The van der Waals surface area contributed by atoms with Crippen molar-refractivity contribution in [2.45, 2.75) is 6.92 Å². The van der Waals surface area contributed by atoms with E-state index in [0.717, 1.165) is 0 Å². The van der Waals surface area contributed by atoms with Gasteiger partial charge in [-0.25, -0.2) is 0 Å². The molecule has 0 amide bonds. The number of halogens is 1. The molecule has 0 bridgehead atoms. The van der Waals surface area contributed by atoms with E-state index in [9.17, 15) is 0 Å². The Kier molecular flexibility index (Phi) is 4.71. The third-order valence-electron chi connectivity index (χ3n) is 0.639. The van der Waals surface area contributed by atoms with Crippen molar-refractivity contribution in [1.29, 1.82) is 0 Å². The minimum absolute atomic E-state index is 0.503. The van der Waals surface area contributed by atoms with Crippen molar-refractivity contribution < 1.29 is 0 Å². The molecule has 0 heterocycles. The third kappa shape index (κ3) is 3.90. The average molecular weight is 132 g/mol. The predicted octanol–water partition coefficient (Wildman–Crippen LogP) is 1.64. The van der Waals surface area contributed by atoms with Crippen LogP contribution in [0.15, 0.2) is 23.3 Å². The van der Waals surface area contributed by atoms with Gasteiger partial charge >= 0.3 is 0 Å². The Morgan fingerprint density at radius 3 is 2.75 bits per heavy atom. The Labute approximate surface area is 54.8 Å².